The number of aliphatic hydroxyl groups excluding tert-OH is 1. The van der Waals surface area contributed by atoms with E-state index in [9.17, 15) is 14.7 Å². The van der Waals surface area contributed by atoms with Crippen LogP contribution in [0.15, 0.2) is 72.8 Å². The van der Waals surface area contributed by atoms with E-state index in [0.717, 1.165) is 87.2 Å². The molecule has 10 heteroatoms. The van der Waals surface area contributed by atoms with Crippen molar-refractivity contribution in [1.29, 1.82) is 0 Å². The molecule has 47 heavy (non-hydrogen) atoms. The van der Waals surface area contributed by atoms with E-state index in [1.165, 1.54) is 0 Å². The van der Waals surface area contributed by atoms with Gasteiger partial charge in [-0.05, 0) is 41.7 Å². The fourth-order valence-electron chi connectivity index (χ4n) is 5.93. The molecular formula is C37H48N4O6. The predicted molar refractivity (Wildman–Crippen MR) is 181 cm³/mol. The highest BCUT2D eigenvalue weighted by Crippen LogP contribution is 2.38. The molecule has 2 fully saturated rings. The Morgan fingerprint density at radius 3 is 2.17 bits per heavy atom. The van der Waals surface area contributed by atoms with Crippen LogP contribution in [0.1, 0.15) is 79.6 Å². The van der Waals surface area contributed by atoms with E-state index in [-0.39, 0.29) is 30.6 Å². The van der Waals surface area contributed by atoms with E-state index in [1.807, 2.05) is 60.7 Å². The number of unbranched alkanes of at least 4 members (excludes halogenated alkanes) is 3. The first kappa shape index (κ1) is 34.5. The number of anilines is 2. The number of nitrogens with zero attached hydrogens (tertiary/aromatic N) is 1. The van der Waals surface area contributed by atoms with Gasteiger partial charge < -0.3 is 35.7 Å². The molecule has 0 unspecified atom stereocenters. The molecule has 0 aromatic heterocycles. The molecule has 0 radical (unpaired) electrons. The highest BCUT2D eigenvalue weighted by Gasteiger charge is 2.33. The Bertz CT molecular complexity index is 1410. The molecule has 2 amide bonds. The van der Waals surface area contributed by atoms with E-state index < -0.39 is 6.29 Å². The Labute approximate surface area is 277 Å². The lowest BCUT2D eigenvalue weighted by Crippen LogP contribution is -2.44. The summed E-state index contributed by atoms with van der Waals surface area (Å²) < 4.78 is 18.5. The first-order valence-electron chi connectivity index (χ1n) is 16.8. The molecule has 2 saturated heterocycles. The number of nitrogens with two attached hydrogens (primary N) is 1. The Morgan fingerprint density at radius 2 is 1.47 bits per heavy atom. The van der Waals surface area contributed by atoms with Crippen LogP contribution in [-0.2, 0) is 37.0 Å². The predicted octanol–water partition coefficient (Wildman–Crippen LogP) is 5.23. The molecule has 3 atom stereocenters. The van der Waals surface area contributed by atoms with Crippen LogP contribution in [-0.4, -0.2) is 60.8 Å². The van der Waals surface area contributed by atoms with Crippen molar-refractivity contribution in [2.24, 2.45) is 0 Å². The SMILES string of the molecule is Nc1ccccc1NC(=O)CCCCCCC(=O)NCc1ccc([C@H]2O[C@@H](CN3CCOCC3)C[C@@H](c3ccc(CO)cc3)O2)cc1. The zero-order valence-electron chi connectivity index (χ0n) is 27.1. The first-order chi connectivity index (χ1) is 23.0. The maximum absolute atomic E-state index is 12.5. The topological polar surface area (TPSA) is 135 Å². The van der Waals surface area contributed by atoms with Gasteiger partial charge in [-0.25, -0.2) is 0 Å². The maximum atomic E-state index is 12.5. The van der Waals surface area contributed by atoms with E-state index in [4.69, 9.17) is 19.9 Å². The van der Waals surface area contributed by atoms with E-state index >= 15 is 0 Å². The minimum absolute atomic E-state index is 0.000790. The molecule has 0 saturated carbocycles. The van der Waals surface area contributed by atoms with Crippen LogP contribution in [0.5, 0.6) is 0 Å². The number of hydrogen-bond donors (Lipinski definition) is 4. The lowest BCUT2D eigenvalue weighted by atomic mass is 9.99. The molecule has 2 aliphatic heterocycles. The lowest BCUT2D eigenvalue weighted by molar-refractivity contribution is -0.253. The summed E-state index contributed by atoms with van der Waals surface area (Å²) in [7, 11) is 0. The Balaban J connectivity index is 1.04. The minimum atomic E-state index is -0.511. The number of nitrogen functional groups attached to an aromatic ring is 1. The zero-order valence-corrected chi connectivity index (χ0v) is 27.1. The Morgan fingerprint density at radius 1 is 0.809 bits per heavy atom. The number of ether oxygens (including phenoxy) is 3. The number of amides is 2. The summed E-state index contributed by atoms with van der Waals surface area (Å²) in [5.41, 5.74) is 11.0. The van der Waals surface area contributed by atoms with Gasteiger partial charge in [-0.15, -0.1) is 0 Å². The third-order valence-corrected chi connectivity index (χ3v) is 8.71. The third-order valence-electron chi connectivity index (χ3n) is 8.71. The van der Waals surface area contributed by atoms with Crippen LogP contribution in [0.4, 0.5) is 11.4 Å². The van der Waals surface area contributed by atoms with Gasteiger partial charge in [0.1, 0.15) is 0 Å². The van der Waals surface area contributed by atoms with Crippen molar-refractivity contribution in [3.05, 3.63) is 95.1 Å². The monoisotopic (exact) mass is 644 g/mol. The van der Waals surface area contributed by atoms with Crippen LogP contribution in [0, 0.1) is 0 Å². The molecular weight excluding hydrogens is 596 g/mol. The number of nitrogens with one attached hydrogen (secondary N) is 2. The standard InChI is InChI=1S/C37H48N4O6/c38-32-7-5-6-8-33(32)40-36(44)10-4-2-1-3-9-35(43)39-24-27-11-17-30(18-12-27)37-46-31(25-41-19-21-45-22-20-41)23-34(47-37)29-15-13-28(26-42)14-16-29/h5-8,11-18,31,34,37,42H,1-4,9-10,19-26,38H2,(H,39,43)(H,40,44)/t31-,34+,37+/m1/s1. The van der Waals surface area contributed by atoms with Crippen LogP contribution in [0.2, 0.25) is 0 Å². The highest BCUT2D eigenvalue weighted by molar-refractivity contribution is 5.93. The summed E-state index contributed by atoms with van der Waals surface area (Å²) in [5, 5.41) is 15.3. The highest BCUT2D eigenvalue weighted by atomic mass is 16.7. The number of carbonyl (C=O) groups is 2. The molecule has 0 bridgehead atoms. The fraction of sp³-hybridized carbons (Fsp3) is 0.459. The Kier molecular flexibility index (Phi) is 13.2. The van der Waals surface area contributed by atoms with Crippen molar-refractivity contribution in [2.45, 2.75) is 76.6 Å². The molecule has 5 N–H and O–H groups in total. The third kappa shape index (κ3) is 10.9. The van der Waals surface area contributed by atoms with Crippen LogP contribution >= 0.6 is 0 Å². The van der Waals surface area contributed by atoms with Crippen molar-refractivity contribution >= 4 is 23.2 Å². The summed E-state index contributed by atoms with van der Waals surface area (Å²) in [4.78, 5) is 27.0. The molecule has 252 valence electrons. The fourth-order valence-corrected chi connectivity index (χ4v) is 5.93. The summed E-state index contributed by atoms with van der Waals surface area (Å²) in [6, 6.07) is 23.2. The average Bonchev–Trinajstić information content (AvgIpc) is 3.10. The first-order valence-corrected chi connectivity index (χ1v) is 16.8. The quantitative estimate of drug-likeness (QED) is 0.130. The van der Waals surface area contributed by atoms with Gasteiger partial charge in [0.2, 0.25) is 11.8 Å². The second-order valence-electron chi connectivity index (χ2n) is 12.3. The second kappa shape index (κ2) is 17.9. The summed E-state index contributed by atoms with van der Waals surface area (Å²) >= 11 is 0. The van der Waals surface area contributed by atoms with Crippen molar-refractivity contribution in [1.82, 2.24) is 10.2 Å². The number of aliphatic hydroxyl groups is 1. The lowest BCUT2D eigenvalue weighted by Gasteiger charge is -2.39. The van der Waals surface area contributed by atoms with Crippen molar-refractivity contribution in [2.75, 3.05) is 43.9 Å². The molecule has 3 aromatic carbocycles. The molecule has 0 spiro atoms. The van der Waals surface area contributed by atoms with Crippen LogP contribution < -0.4 is 16.4 Å². The number of rotatable bonds is 15. The van der Waals surface area contributed by atoms with Gasteiger partial charge in [-0.2, -0.15) is 0 Å². The van der Waals surface area contributed by atoms with Crippen molar-refractivity contribution in [3.8, 4) is 0 Å². The molecule has 3 aromatic rings. The van der Waals surface area contributed by atoms with Crippen molar-refractivity contribution < 1.29 is 28.9 Å². The van der Waals surface area contributed by atoms with Gasteiger partial charge in [0.25, 0.3) is 0 Å². The van der Waals surface area contributed by atoms with Gasteiger partial charge in [0, 0.05) is 51.0 Å². The molecule has 2 aliphatic rings. The molecule has 2 heterocycles. The van der Waals surface area contributed by atoms with Crippen LogP contribution in [0.25, 0.3) is 0 Å². The van der Waals surface area contributed by atoms with Gasteiger partial charge >= 0.3 is 0 Å². The van der Waals surface area contributed by atoms with Crippen molar-refractivity contribution in [3.63, 3.8) is 0 Å². The molecule has 5 rings (SSSR count). The van der Waals surface area contributed by atoms with Gasteiger partial charge in [0.15, 0.2) is 6.29 Å². The number of carbonyl (C=O) groups excluding carboxylic acids is 2. The normalized spacial score (nSPS) is 20.1. The van der Waals surface area contributed by atoms with Gasteiger partial charge in [-0.1, -0.05) is 73.5 Å². The van der Waals surface area contributed by atoms with E-state index in [1.54, 1.807) is 12.1 Å². The van der Waals surface area contributed by atoms with Crippen LogP contribution in [0.3, 0.4) is 0 Å². The zero-order chi connectivity index (χ0) is 32.8. The summed E-state index contributed by atoms with van der Waals surface area (Å²) in [6.45, 7) is 4.55. The number of hydrogen-bond acceptors (Lipinski definition) is 8. The summed E-state index contributed by atoms with van der Waals surface area (Å²) in [5.74, 6) is -0.0271. The van der Waals surface area contributed by atoms with E-state index in [0.29, 0.717) is 30.8 Å². The number of para-hydroxylation sites is 2. The van der Waals surface area contributed by atoms with Gasteiger partial charge in [0.05, 0.1) is 43.4 Å². The number of morpholine rings is 1. The second-order valence-corrected chi connectivity index (χ2v) is 12.3. The Hall–Kier alpha value is -3.80. The average molecular weight is 645 g/mol. The minimum Gasteiger partial charge on any atom is -0.397 e. The molecule has 0 aliphatic carbocycles. The number of benzene rings is 3. The largest absolute Gasteiger partial charge is 0.397 e. The van der Waals surface area contributed by atoms with E-state index in [2.05, 4.69) is 15.5 Å². The van der Waals surface area contributed by atoms with Gasteiger partial charge in [-0.3, -0.25) is 14.5 Å². The maximum Gasteiger partial charge on any atom is 0.224 e. The molecule has 10 nitrogen and oxygen atoms in total. The summed E-state index contributed by atoms with van der Waals surface area (Å²) in [6.07, 6.45) is 4.33. The smallest absolute Gasteiger partial charge is 0.224 e.